The van der Waals surface area contributed by atoms with Crippen molar-refractivity contribution in [2.24, 2.45) is 0 Å². The van der Waals surface area contributed by atoms with Gasteiger partial charge in [-0.25, -0.2) is 0 Å². The van der Waals surface area contributed by atoms with E-state index in [1.807, 2.05) is 35.2 Å². The minimum absolute atomic E-state index is 0.0939. The first-order chi connectivity index (χ1) is 13.3. The second-order valence-corrected chi connectivity index (χ2v) is 6.88. The number of hydrogen-bond acceptors (Lipinski definition) is 4. The van der Waals surface area contributed by atoms with E-state index in [1.165, 1.54) is 11.1 Å². The third-order valence-electron chi connectivity index (χ3n) is 4.93. The van der Waals surface area contributed by atoms with Crippen molar-refractivity contribution < 1.29 is 9.21 Å². The van der Waals surface area contributed by atoms with Crippen LogP contribution in [0.15, 0.2) is 71.5 Å². The summed E-state index contributed by atoms with van der Waals surface area (Å²) >= 11 is 0. The van der Waals surface area contributed by atoms with Gasteiger partial charge in [0, 0.05) is 19.3 Å². The number of benzene rings is 1. The van der Waals surface area contributed by atoms with Crippen LogP contribution in [0.2, 0.25) is 0 Å². The highest BCUT2D eigenvalue weighted by molar-refractivity contribution is 5.78. The lowest BCUT2D eigenvalue weighted by atomic mass is 10.00. The third kappa shape index (κ3) is 4.44. The Kier molecular flexibility index (Phi) is 5.30. The lowest BCUT2D eigenvalue weighted by Gasteiger charge is -2.30. The molecule has 0 spiro atoms. The van der Waals surface area contributed by atoms with Crippen LogP contribution in [-0.2, 0) is 30.8 Å². The van der Waals surface area contributed by atoms with Crippen molar-refractivity contribution in [2.45, 2.75) is 26.1 Å². The first kappa shape index (κ1) is 17.5. The monoisotopic (exact) mass is 361 g/mol. The average molecular weight is 361 g/mol. The van der Waals surface area contributed by atoms with Crippen LogP contribution in [0.1, 0.15) is 22.6 Å². The highest BCUT2D eigenvalue weighted by Gasteiger charge is 2.22. The Bertz CT molecular complexity index is 878. The smallest absolute Gasteiger partial charge is 0.237 e. The van der Waals surface area contributed by atoms with Crippen LogP contribution in [0.5, 0.6) is 0 Å². The summed E-state index contributed by atoms with van der Waals surface area (Å²) in [6.45, 7) is 3.06. The Hall–Kier alpha value is -2.92. The summed E-state index contributed by atoms with van der Waals surface area (Å²) < 4.78 is 5.46. The fourth-order valence-corrected chi connectivity index (χ4v) is 3.49. The van der Waals surface area contributed by atoms with Crippen LogP contribution in [0.4, 0.5) is 0 Å². The van der Waals surface area contributed by atoms with E-state index in [0.29, 0.717) is 19.6 Å². The fraction of sp³-hybridized carbons (Fsp3) is 0.273. The van der Waals surface area contributed by atoms with Crippen molar-refractivity contribution >= 4 is 5.91 Å². The quantitative estimate of drug-likeness (QED) is 0.676. The minimum atomic E-state index is 0.0939. The van der Waals surface area contributed by atoms with E-state index in [1.54, 1.807) is 12.5 Å². The molecular formula is C22H23N3O2. The van der Waals surface area contributed by atoms with Gasteiger partial charge in [-0.2, -0.15) is 0 Å². The number of pyridine rings is 1. The number of nitrogens with zero attached hydrogens (tertiary/aromatic N) is 3. The molecule has 1 aromatic carbocycles. The number of carbonyl (C=O) groups excluding carboxylic acids is 1. The van der Waals surface area contributed by atoms with Gasteiger partial charge in [0.05, 0.1) is 31.6 Å². The molecule has 3 aromatic rings. The molecule has 138 valence electrons. The molecule has 3 heterocycles. The molecule has 0 saturated carbocycles. The third-order valence-corrected chi connectivity index (χ3v) is 4.93. The van der Waals surface area contributed by atoms with Crippen LogP contribution in [-0.4, -0.2) is 33.8 Å². The van der Waals surface area contributed by atoms with Gasteiger partial charge in [0.1, 0.15) is 5.76 Å². The van der Waals surface area contributed by atoms with E-state index < -0.39 is 0 Å². The molecule has 0 aliphatic carbocycles. The molecule has 0 saturated heterocycles. The number of amides is 1. The summed E-state index contributed by atoms with van der Waals surface area (Å²) in [6, 6.07) is 18.0. The molecule has 0 N–H and O–H groups in total. The maximum absolute atomic E-state index is 13.1. The van der Waals surface area contributed by atoms with Gasteiger partial charge in [-0.3, -0.25) is 14.7 Å². The molecule has 1 aliphatic heterocycles. The molecule has 0 radical (unpaired) electrons. The fourth-order valence-electron chi connectivity index (χ4n) is 3.49. The van der Waals surface area contributed by atoms with Gasteiger partial charge in [-0.15, -0.1) is 0 Å². The van der Waals surface area contributed by atoms with Gasteiger partial charge in [0.25, 0.3) is 0 Å². The van der Waals surface area contributed by atoms with E-state index in [9.17, 15) is 4.79 Å². The standard InChI is InChI=1S/C22H23N3O2/c26-22(17-24-12-10-18-6-1-2-7-19(18)14-24)25(16-21-9-5-13-27-21)15-20-8-3-4-11-23-20/h1-9,11,13H,10,12,14-17H2. The van der Waals surface area contributed by atoms with Gasteiger partial charge in [-0.1, -0.05) is 30.3 Å². The van der Waals surface area contributed by atoms with Crippen LogP contribution in [0.25, 0.3) is 0 Å². The van der Waals surface area contributed by atoms with Crippen molar-refractivity contribution in [3.8, 4) is 0 Å². The predicted octanol–water partition coefficient (Wildman–Crippen LogP) is 3.26. The molecule has 0 atom stereocenters. The number of carbonyl (C=O) groups is 1. The Morgan fingerprint density at radius 3 is 2.67 bits per heavy atom. The zero-order valence-electron chi connectivity index (χ0n) is 15.3. The lowest BCUT2D eigenvalue weighted by molar-refractivity contribution is -0.134. The molecule has 1 amide bonds. The van der Waals surface area contributed by atoms with E-state index in [-0.39, 0.29) is 5.91 Å². The van der Waals surface area contributed by atoms with Crippen LogP contribution < -0.4 is 0 Å². The molecule has 5 nitrogen and oxygen atoms in total. The zero-order valence-corrected chi connectivity index (χ0v) is 15.3. The second-order valence-electron chi connectivity index (χ2n) is 6.88. The SMILES string of the molecule is O=C(CN1CCc2ccccc2C1)N(Cc1ccccn1)Cc1ccco1. The molecule has 2 aromatic heterocycles. The average Bonchev–Trinajstić information content (AvgIpc) is 3.21. The predicted molar refractivity (Wildman–Crippen MR) is 103 cm³/mol. The maximum Gasteiger partial charge on any atom is 0.237 e. The summed E-state index contributed by atoms with van der Waals surface area (Å²) in [5, 5.41) is 0. The van der Waals surface area contributed by atoms with E-state index in [0.717, 1.165) is 31.0 Å². The van der Waals surface area contributed by atoms with Crippen molar-refractivity contribution in [3.05, 3.63) is 89.6 Å². The Balaban J connectivity index is 1.45. The number of aromatic nitrogens is 1. The molecule has 27 heavy (non-hydrogen) atoms. The highest BCUT2D eigenvalue weighted by atomic mass is 16.3. The Morgan fingerprint density at radius 1 is 1.04 bits per heavy atom. The largest absolute Gasteiger partial charge is 0.467 e. The van der Waals surface area contributed by atoms with Crippen molar-refractivity contribution in [1.29, 1.82) is 0 Å². The minimum Gasteiger partial charge on any atom is -0.467 e. The zero-order chi connectivity index (χ0) is 18.5. The van der Waals surface area contributed by atoms with Gasteiger partial charge in [0.2, 0.25) is 5.91 Å². The van der Waals surface area contributed by atoms with E-state index in [2.05, 4.69) is 34.1 Å². The van der Waals surface area contributed by atoms with Crippen LogP contribution in [0, 0.1) is 0 Å². The molecular weight excluding hydrogens is 338 g/mol. The normalized spacial score (nSPS) is 13.9. The van der Waals surface area contributed by atoms with Gasteiger partial charge in [-0.05, 0) is 41.8 Å². The highest BCUT2D eigenvalue weighted by Crippen LogP contribution is 2.19. The van der Waals surface area contributed by atoms with Crippen molar-refractivity contribution in [1.82, 2.24) is 14.8 Å². The van der Waals surface area contributed by atoms with Gasteiger partial charge < -0.3 is 9.32 Å². The number of fused-ring (bicyclic) bond motifs is 1. The maximum atomic E-state index is 13.1. The molecule has 1 aliphatic rings. The van der Waals surface area contributed by atoms with E-state index >= 15 is 0 Å². The van der Waals surface area contributed by atoms with Crippen LogP contribution in [0.3, 0.4) is 0 Å². The second kappa shape index (κ2) is 8.18. The van der Waals surface area contributed by atoms with Gasteiger partial charge >= 0.3 is 0 Å². The Labute approximate surface area is 159 Å². The van der Waals surface area contributed by atoms with Gasteiger partial charge in [0.15, 0.2) is 0 Å². The summed E-state index contributed by atoms with van der Waals surface area (Å²) in [6.07, 6.45) is 4.38. The molecule has 0 unspecified atom stereocenters. The Morgan fingerprint density at radius 2 is 1.89 bits per heavy atom. The molecule has 0 fully saturated rings. The molecule has 5 heteroatoms. The molecule has 0 bridgehead atoms. The van der Waals surface area contributed by atoms with Crippen molar-refractivity contribution in [3.63, 3.8) is 0 Å². The summed E-state index contributed by atoms with van der Waals surface area (Å²) in [5.74, 6) is 0.875. The topological polar surface area (TPSA) is 49.6 Å². The molecule has 4 rings (SSSR count). The lowest BCUT2D eigenvalue weighted by Crippen LogP contribution is -2.41. The summed E-state index contributed by atoms with van der Waals surface area (Å²) in [7, 11) is 0. The number of furan rings is 1. The number of hydrogen-bond donors (Lipinski definition) is 0. The number of rotatable bonds is 6. The first-order valence-electron chi connectivity index (χ1n) is 9.27. The van der Waals surface area contributed by atoms with Crippen LogP contribution >= 0.6 is 0 Å². The van der Waals surface area contributed by atoms with Crippen molar-refractivity contribution in [2.75, 3.05) is 13.1 Å². The summed E-state index contributed by atoms with van der Waals surface area (Å²) in [4.78, 5) is 21.5. The van der Waals surface area contributed by atoms with E-state index in [4.69, 9.17) is 4.42 Å². The summed E-state index contributed by atoms with van der Waals surface area (Å²) in [5.41, 5.74) is 3.59. The first-order valence-corrected chi connectivity index (χ1v) is 9.27.